The topological polar surface area (TPSA) is 76.0 Å². The summed E-state index contributed by atoms with van der Waals surface area (Å²) in [6.07, 6.45) is 7.32. The van der Waals surface area contributed by atoms with E-state index in [0.717, 1.165) is 17.6 Å². The van der Waals surface area contributed by atoms with E-state index < -0.39 is 10.0 Å². The van der Waals surface area contributed by atoms with Crippen molar-refractivity contribution in [3.8, 4) is 0 Å². The van der Waals surface area contributed by atoms with E-state index in [9.17, 15) is 8.42 Å². The number of hydrogen-bond acceptors (Lipinski definition) is 4. The zero-order chi connectivity index (χ0) is 14.9. The molecule has 0 atom stereocenters. The first kappa shape index (κ1) is 13.9. The van der Waals surface area contributed by atoms with E-state index in [-0.39, 0.29) is 0 Å². The minimum absolute atomic E-state index is 0.554. The fourth-order valence-corrected chi connectivity index (χ4v) is 2.80. The van der Waals surface area contributed by atoms with Gasteiger partial charge in [0.15, 0.2) is 0 Å². The number of nitrogens with zero attached hydrogens (tertiary/aromatic N) is 2. The fraction of sp³-hybridized carbons (Fsp3) is 0.357. The van der Waals surface area contributed by atoms with Crippen LogP contribution >= 0.6 is 0 Å². The summed E-state index contributed by atoms with van der Waals surface area (Å²) in [5.41, 5.74) is 2.56. The number of aromatic nitrogens is 2. The molecule has 7 heteroatoms. The van der Waals surface area contributed by atoms with Gasteiger partial charge in [0.05, 0.1) is 30.5 Å². The highest BCUT2D eigenvalue weighted by molar-refractivity contribution is 7.92. The third-order valence-corrected chi connectivity index (χ3v) is 3.93. The molecule has 112 valence electrons. The summed E-state index contributed by atoms with van der Waals surface area (Å²) < 4.78 is 27.1. The molecule has 1 heterocycles. The fourth-order valence-electron chi connectivity index (χ4n) is 2.25. The van der Waals surface area contributed by atoms with E-state index in [2.05, 4.69) is 19.6 Å². The Hall–Kier alpha value is -2.02. The summed E-state index contributed by atoms with van der Waals surface area (Å²) in [4.78, 5) is 4.19. The lowest BCUT2D eigenvalue weighted by Gasteiger charge is -2.11. The Bertz CT molecular complexity index is 735. The van der Waals surface area contributed by atoms with Gasteiger partial charge in [0.25, 0.3) is 0 Å². The standard InChI is InChI=1S/C14H18N4O2S/c1-21(19,20)17-12-4-2-3-11(7-12)16-9-14-8-15-10-18(14)13-5-6-13/h2-4,7-8,10,13,16-17H,5-6,9H2,1H3. The van der Waals surface area contributed by atoms with Gasteiger partial charge < -0.3 is 9.88 Å². The number of sulfonamides is 1. The van der Waals surface area contributed by atoms with Gasteiger partial charge in [-0.1, -0.05) is 6.07 Å². The Labute approximate surface area is 124 Å². The average molecular weight is 306 g/mol. The average Bonchev–Trinajstić information content (AvgIpc) is 3.14. The number of hydrogen-bond donors (Lipinski definition) is 2. The molecule has 0 amide bonds. The van der Waals surface area contributed by atoms with E-state index in [0.29, 0.717) is 18.3 Å². The molecule has 1 aliphatic rings. The van der Waals surface area contributed by atoms with E-state index >= 15 is 0 Å². The van der Waals surface area contributed by atoms with Gasteiger partial charge in [0.2, 0.25) is 10.0 Å². The Kier molecular flexibility index (Phi) is 3.59. The van der Waals surface area contributed by atoms with Crippen LogP contribution in [0.1, 0.15) is 24.6 Å². The molecule has 0 unspecified atom stereocenters. The Morgan fingerprint density at radius 1 is 1.33 bits per heavy atom. The number of rotatable bonds is 6. The highest BCUT2D eigenvalue weighted by atomic mass is 32.2. The summed E-state index contributed by atoms with van der Waals surface area (Å²) in [6.45, 7) is 0.666. The molecule has 0 spiro atoms. The van der Waals surface area contributed by atoms with Crippen molar-refractivity contribution in [1.82, 2.24) is 9.55 Å². The zero-order valence-corrected chi connectivity index (χ0v) is 12.6. The van der Waals surface area contributed by atoms with Crippen LogP contribution in [0.5, 0.6) is 0 Å². The predicted molar refractivity (Wildman–Crippen MR) is 82.7 cm³/mol. The normalized spacial score (nSPS) is 14.9. The van der Waals surface area contributed by atoms with Crippen LogP contribution in [-0.2, 0) is 16.6 Å². The van der Waals surface area contributed by atoms with Crippen molar-refractivity contribution in [3.05, 3.63) is 42.5 Å². The maximum Gasteiger partial charge on any atom is 0.229 e. The molecule has 2 N–H and O–H groups in total. The van der Waals surface area contributed by atoms with E-state index in [4.69, 9.17) is 0 Å². The summed E-state index contributed by atoms with van der Waals surface area (Å²) in [5.74, 6) is 0. The molecule has 21 heavy (non-hydrogen) atoms. The predicted octanol–water partition coefficient (Wildman–Crippen LogP) is 2.20. The maximum absolute atomic E-state index is 11.2. The minimum atomic E-state index is -3.25. The molecule has 0 saturated heterocycles. The quantitative estimate of drug-likeness (QED) is 0.858. The van der Waals surface area contributed by atoms with Crippen LogP contribution < -0.4 is 10.0 Å². The Balaban J connectivity index is 1.67. The van der Waals surface area contributed by atoms with Crippen LogP contribution in [-0.4, -0.2) is 24.2 Å². The molecule has 2 aromatic rings. The second-order valence-corrected chi connectivity index (χ2v) is 7.08. The van der Waals surface area contributed by atoms with Gasteiger partial charge in [-0.15, -0.1) is 0 Å². The highest BCUT2D eigenvalue weighted by Crippen LogP contribution is 2.35. The zero-order valence-electron chi connectivity index (χ0n) is 11.8. The largest absolute Gasteiger partial charge is 0.379 e. The molecule has 1 aliphatic carbocycles. The van der Waals surface area contributed by atoms with Crippen LogP contribution in [0.25, 0.3) is 0 Å². The van der Waals surface area contributed by atoms with Crippen LogP contribution in [0, 0.1) is 0 Å². The number of anilines is 2. The molecule has 1 aromatic heterocycles. The van der Waals surface area contributed by atoms with Crippen LogP contribution in [0.3, 0.4) is 0 Å². The smallest absolute Gasteiger partial charge is 0.229 e. The molecule has 0 radical (unpaired) electrons. The monoisotopic (exact) mass is 306 g/mol. The minimum Gasteiger partial charge on any atom is -0.379 e. The van der Waals surface area contributed by atoms with Crippen LogP contribution in [0.4, 0.5) is 11.4 Å². The summed E-state index contributed by atoms with van der Waals surface area (Å²) in [7, 11) is -3.25. The van der Waals surface area contributed by atoms with E-state index in [1.165, 1.54) is 12.8 Å². The second kappa shape index (κ2) is 5.40. The van der Waals surface area contributed by atoms with Gasteiger partial charge in [-0.3, -0.25) is 4.72 Å². The van der Waals surface area contributed by atoms with Crippen molar-refractivity contribution in [2.75, 3.05) is 16.3 Å². The van der Waals surface area contributed by atoms with Gasteiger partial charge in [0.1, 0.15) is 0 Å². The van der Waals surface area contributed by atoms with Crippen LogP contribution in [0.2, 0.25) is 0 Å². The Morgan fingerprint density at radius 3 is 2.81 bits per heavy atom. The summed E-state index contributed by atoms with van der Waals surface area (Å²) >= 11 is 0. The molecule has 0 aliphatic heterocycles. The number of nitrogens with one attached hydrogen (secondary N) is 2. The second-order valence-electron chi connectivity index (χ2n) is 5.33. The van der Waals surface area contributed by atoms with Crippen molar-refractivity contribution in [3.63, 3.8) is 0 Å². The molecule has 0 bridgehead atoms. The molecular formula is C14H18N4O2S. The van der Waals surface area contributed by atoms with Crippen LogP contribution in [0.15, 0.2) is 36.8 Å². The maximum atomic E-state index is 11.2. The summed E-state index contributed by atoms with van der Waals surface area (Å²) in [5, 5.41) is 3.30. The lowest BCUT2D eigenvalue weighted by molar-refractivity contribution is 0.607. The van der Waals surface area contributed by atoms with Crippen molar-refractivity contribution in [2.45, 2.75) is 25.4 Å². The molecule has 3 rings (SSSR count). The molecular weight excluding hydrogens is 288 g/mol. The van der Waals surface area contributed by atoms with Crippen molar-refractivity contribution >= 4 is 21.4 Å². The number of imidazole rings is 1. The first-order chi connectivity index (χ1) is 10.0. The molecule has 1 saturated carbocycles. The first-order valence-corrected chi connectivity index (χ1v) is 8.73. The lowest BCUT2D eigenvalue weighted by atomic mass is 10.3. The van der Waals surface area contributed by atoms with Crippen molar-refractivity contribution in [1.29, 1.82) is 0 Å². The van der Waals surface area contributed by atoms with Gasteiger partial charge in [-0.25, -0.2) is 13.4 Å². The van der Waals surface area contributed by atoms with Crippen molar-refractivity contribution < 1.29 is 8.42 Å². The van der Waals surface area contributed by atoms with Crippen molar-refractivity contribution in [2.24, 2.45) is 0 Å². The molecule has 6 nitrogen and oxygen atoms in total. The highest BCUT2D eigenvalue weighted by Gasteiger charge is 2.24. The van der Waals surface area contributed by atoms with E-state index in [1.807, 2.05) is 24.7 Å². The molecule has 1 fully saturated rings. The number of benzene rings is 1. The SMILES string of the molecule is CS(=O)(=O)Nc1cccc(NCc2cncn2C2CC2)c1. The third-order valence-electron chi connectivity index (χ3n) is 3.33. The van der Waals surface area contributed by atoms with Gasteiger partial charge in [0, 0.05) is 17.9 Å². The first-order valence-electron chi connectivity index (χ1n) is 6.84. The molecule has 1 aromatic carbocycles. The van der Waals surface area contributed by atoms with Gasteiger partial charge in [-0.05, 0) is 31.0 Å². The summed E-state index contributed by atoms with van der Waals surface area (Å²) in [6, 6.07) is 7.82. The van der Waals surface area contributed by atoms with E-state index in [1.54, 1.807) is 12.1 Å². The van der Waals surface area contributed by atoms with Gasteiger partial charge >= 0.3 is 0 Å². The van der Waals surface area contributed by atoms with Gasteiger partial charge in [-0.2, -0.15) is 0 Å². The Morgan fingerprint density at radius 2 is 2.10 bits per heavy atom. The third kappa shape index (κ3) is 3.75. The lowest BCUT2D eigenvalue weighted by Crippen LogP contribution is -2.10.